The maximum atomic E-state index is 12.7. The molecule has 6 nitrogen and oxygen atoms in total. The molecular weight excluding hydrogens is 452 g/mol. The molecule has 5 rings (SSSR count). The maximum Gasteiger partial charge on any atom is 0.337 e. The fourth-order valence-corrected chi connectivity index (χ4v) is 4.63. The van der Waals surface area contributed by atoms with Crippen molar-refractivity contribution in [1.82, 2.24) is 10.2 Å². The van der Waals surface area contributed by atoms with Gasteiger partial charge in [-0.2, -0.15) is 0 Å². The number of nitrogens with one attached hydrogen (secondary N) is 1. The van der Waals surface area contributed by atoms with Gasteiger partial charge in [-0.25, -0.2) is 9.59 Å². The van der Waals surface area contributed by atoms with E-state index in [1.807, 2.05) is 29.2 Å². The lowest BCUT2D eigenvalue weighted by molar-refractivity contribution is 0.0600. The zero-order valence-electron chi connectivity index (χ0n) is 20.4. The monoisotopic (exact) mass is 482 g/mol. The van der Waals surface area contributed by atoms with Crippen LogP contribution in [-0.2, 0) is 4.74 Å². The van der Waals surface area contributed by atoms with Gasteiger partial charge < -0.3 is 19.7 Å². The Labute approximate surface area is 211 Å². The molecule has 2 amide bonds. The Hall–Kier alpha value is -4.06. The minimum atomic E-state index is -0.373. The van der Waals surface area contributed by atoms with E-state index in [0.717, 1.165) is 43.7 Å². The first-order valence-corrected chi connectivity index (χ1v) is 12.3. The van der Waals surface area contributed by atoms with Crippen LogP contribution < -0.4 is 10.1 Å². The van der Waals surface area contributed by atoms with Gasteiger partial charge >= 0.3 is 12.0 Å². The molecule has 1 N–H and O–H groups in total. The van der Waals surface area contributed by atoms with Gasteiger partial charge in [-0.15, -0.1) is 0 Å². The smallest absolute Gasteiger partial charge is 0.337 e. The standard InChI is InChI=1S/C30H30N2O4/c1-35-29(33)24-10-12-25(13-11-24)36-26-9-5-6-22(19-26)18-21-14-16-32(17-15-21)30(34)31-28-20-27(28)23-7-3-2-4-8-23/h2-13,18-19,27-28H,14-17,20H2,1H3,(H,31,34). The lowest BCUT2D eigenvalue weighted by atomic mass is 10.0. The number of likely N-dealkylation sites (tertiary alicyclic amines) is 1. The Morgan fingerprint density at radius 1 is 0.917 bits per heavy atom. The molecule has 2 aliphatic rings. The Kier molecular flexibility index (Phi) is 7.03. The number of carbonyl (C=O) groups is 2. The average Bonchev–Trinajstić information content (AvgIpc) is 3.69. The zero-order valence-corrected chi connectivity index (χ0v) is 20.4. The lowest BCUT2D eigenvalue weighted by Gasteiger charge is -2.28. The van der Waals surface area contributed by atoms with Crippen molar-refractivity contribution in [3.63, 3.8) is 0 Å². The molecular formula is C30H30N2O4. The first-order chi connectivity index (χ1) is 17.6. The number of carbonyl (C=O) groups excluding carboxylic acids is 2. The summed E-state index contributed by atoms with van der Waals surface area (Å²) in [7, 11) is 1.36. The number of methoxy groups -OCH3 is 1. The van der Waals surface area contributed by atoms with E-state index in [1.54, 1.807) is 24.3 Å². The molecule has 1 heterocycles. The van der Waals surface area contributed by atoms with Gasteiger partial charge in [0, 0.05) is 25.0 Å². The third-order valence-electron chi connectivity index (χ3n) is 6.76. The van der Waals surface area contributed by atoms with E-state index in [2.05, 4.69) is 41.7 Å². The van der Waals surface area contributed by atoms with Crippen LogP contribution in [-0.4, -0.2) is 43.1 Å². The minimum absolute atomic E-state index is 0.0473. The normalized spacial score (nSPS) is 18.8. The number of urea groups is 1. The highest BCUT2D eigenvalue weighted by atomic mass is 16.5. The second-order valence-corrected chi connectivity index (χ2v) is 9.29. The van der Waals surface area contributed by atoms with Crippen molar-refractivity contribution in [2.75, 3.05) is 20.2 Å². The van der Waals surface area contributed by atoms with Crippen LogP contribution in [0.2, 0.25) is 0 Å². The number of benzene rings is 3. The number of rotatable bonds is 6. The average molecular weight is 483 g/mol. The van der Waals surface area contributed by atoms with Gasteiger partial charge in [0.05, 0.1) is 12.7 Å². The van der Waals surface area contributed by atoms with Crippen LogP contribution in [0.1, 0.15) is 46.7 Å². The molecule has 6 heteroatoms. The Morgan fingerprint density at radius 3 is 2.39 bits per heavy atom. The second kappa shape index (κ2) is 10.7. The van der Waals surface area contributed by atoms with Gasteiger partial charge in [-0.3, -0.25) is 0 Å². The molecule has 0 spiro atoms. The van der Waals surface area contributed by atoms with E-state index >= 15 is 0 Å². The summed E-state index contributed by atoms with van der Waals surface area (Å²) in [6.07, 6.45) is 4.93. The number of hydrogen-bond acceptors (Lipinski definition) is 4. The van der Waals surface area contributed by atoms with E-state index < -0.39 is 0 Å². The molecule has 2 atom stereocenters. The van der Waals surface area contributed by atoms with E-state index in [0.29, 0.717) is 17.2 Å². The van der Waals surface area contributed by atoms with Crippen molar-refractivity contribution >= 4 is 18.1 Å². The fourth-order valence-electron chi connectivity index (χ4n) is 4.63. The summed E-state index contributed by atoms with van der Waals surface area (Å²) in [5, 5.41) is 3.21. The molecule has 2 fully saturated rings. The molecule has 184 valence electrons. The largest absolute Gasteiger partial charge is 0.465 e. The molecule has 0 bridgehead atoms. The van der Waals surface area contributed by atoms with E-state index in [-0.39, 0.29) is 18.0 Å². The van der Waals surface area contributed by atoms with Crippen LogP contribution in [0, 0.1) is 0 Å². The van der Waals surface area contributed by atoms with Crippen molar-refractivity contribution in [3.05, 3.63) is 101 Å². The molecule has 36 heavy (non-hydrogen) atoms. The van der Waals surface area contributed by atoms with Crippen LogP contribution in [0.4, 0.5) is 4.79 Å². The van der Waals surface area contributed by atoms with Gasteiger partial charge in [-0.1, -0.05) is 54.1 Å². The molecule has 1 saturated heterocycles. The van der Waals surface area contributed by atoms with Gasteiger partial charge in [0.2, 0.25) is 0 Å². The summed E-state index contributed by atoms with van der Waals surface area (Å²) in [5.74, 6) is 1.44. The number of nitrogens with zero attached hydrogens (tertiary/aromatic N) is 1. The predicted molar refractivity (Wildman–Crippen MR) is 139 cm³/mol. The molecule has 2 unspecified atom stereocenters. The van der Waals surface area contributed by atoms with Crippen LogP contribution in [0.5, 0.6) is 11.5 Å². The van der Waals surface area contributed by atoms with Crippen molar-refractivity contribution in [2.24, 2.45) is 0 Å². The van der Waals surface area contributed by atoms with Crippen LogP contribution >= 0.6 is 0 Å². The van der Waals surface area contributed by atoms with Crippen molar-refractivity contribution in [3.8, 4) is 11.5 Å². The molecule has 0 radical (unpaired) electrons. The first kappa shape index (κ1) is 23.7. The molecule has 1 aliphatic carbocycles. The summed E-state index contributed by atoms with van der Waals surface area (Å²) in [6.45, 7) is 1.45. The molecule has 1 saturated carbocycles. The SMILES string of the molecule is COC(=O)c1ccc(Oc2cccc(C=C3CCN(C(=O)NC4CC4c4ccccc4)CC3)c2)cc1. The third kappa shape index (κ3) is 5.77. The summed E-state index contributed by atoms with van der Waals surface area (Å²) in [4.78, 5) is 26.3. The Morgan fingerprint density at radius 2 is 1.67 bits per heavy atom. The van der Waals surface area contributed by atoms with Gasteiger partial charge in [0.15, 0.2) is 0 Å². The topological polar surface area (TPSA) is 67.9 Å². The van der Waals surface area contributed by atoms with Gasteiger partial charge in [0.1, 0.15) is 11.5 Å². The quantitative estimate of drug-likeness (QED) is 0.437. The summed E-state index contributed by atoms with van der Waals surface area (Å²) in [5.41, 5.74) is 4.18. The summed E-state index contributed by atoms with van der Waals surface area (Å²) in [6, 6.07) is 25.5. The highest BCUT2D eigenvalue weighted by Crippen LogP contribution is 2.40. The number of esters is 1. The lowest BCUT2D eigenvalue weighted by Crippen LogP contribution is -2.44. The van der Waals surface area contributed by atoms with Crippen LogP contribution in [0.25, 0.3) is 6.08 Å². The minimum Gasteiger partial charge on any atom is -0.465 e. The van der Waals surface area contributed by atoms with E-state index in [1.165, 1.54) is 18.2 Å². The number of amides is 2. The number of hydrogen-bond donors (Lipinski definition) is 1. The zero-order chi connectivity index (χ0) is 24.9. The highest BCUT2D eigenvalue weighted by molar-refractivity contribution is 5.89. The van der Waals surface area contributed by atoms with Gasteiger partial charge in [0.25, 0.3) is 0 Å². The maximum absolute atomic E-state index is 12.7. The summed E-state index contributed by atoms with van der Waals surface area (Å²) < 4.78 is 10.7. The molecule has 3 aromatic rings. The van der Waals surface area contributed by atoms with Crippen LogP contribution in [0.3, 0.4) is 0 Å². The van der Waals surface area contributed by atoms with E-state index in [9.17, 15) is 9.59 Å². The van der Waals surface area contributed by atoms with Crippen LogP contribution in [0.15, 0.2) is 84.4 Å². The Bertz CT molecular complexity index is 1240. The Balaban J connectivity index is 1.12. The second-order valence-electron chi connectivity index (χ2n) is 9.29. The van der Waals surface area contributed by atoms with E-state index in [4.69, 9.17) is 9.47 Å². The third-order valence-corrected chi connectivity index (χ3v) is 6.76. The fraction of sp³-hybridized carbons (Fsp3) is 0.267. The molecule has 3 aromatic carbocycles. The predicted octanol–water partition coefficient (Wildman–Crippen LogP) is 6.01. The number of piperidine rings is 1. The molecule has 0 aromatic heterocycles. The molecule has 1 aliphatic heterocycles. The first-order valence-electron chi connectivity index (χ1n) is 12.3. The van der Waals surface area contributed by atoms with Crippen molar-refractivity contribution < 1.29 is 19.1 Å². The number of ether oxygens (including phenoxy) is 2. The summed E-state index contributed by atoms with van der Waals surface area (Å²) >= 11 is 0. The van der Waals surface area contributed by atoms with Crippen molar-refractivity contribution in [1.29, 1.82) is 0 Å². The van der Waals surface area contributed by atoms with Gasteiger partial charge in [-0.05, 0) is 66.8 Å². The highest BCUT2D eigenvalue weighted by Gasteiger charge is 2.40. The van der Waals surface area contributed by atoms with Crippen molar-refractivity contribution in [2.45, 2.75) is 31.2 Å².